The molecule has 1 fully saturated rings. The second-order valence-corrected chi connectivity index (χ2v) is 7.14. The summed E-state index contributed by atoms with van der Waals surface area (Å²) in [6.45, 7) is 0.967. The van der Waals surface area contributed by atoms with Crippen molar-refractivity contribution < 1.29 is 13.5 Å². The number of aliphatic hydroxyl groups excluding tert-OH is 1. The number of benzene rings is 1. The Bertz CT molecular complexity index is 583. The number of anilines is 2. The molecule has 2 rings (SSSR count). The molecular weight excluding hydrogens is 278 g/mol. The van der Waals surface area contributed by atoms with Gasteiger partial charge >= 0.3 is 0 Å². The van der Waals surface area contributed by atoms with E-state index in [0.717, 1.165) is 31.5 Å². The van der Waals surface area contributed by atoms with Gasteiger partial charge in [0.1, 0.15) is 4.90 Å². The molecule has 0 aliphatic heterocycles. The van der Waals surface area contributed by atoms with E-state index in [4.69, 9.17) is 10.8 Å². The lowest BCUT2D eigenvalue weighted by Crippen LogP contribution is -2.20. The van der Waals surface area contributed by atoms with Crippen LogP contribution in [-0.4, -0.2) is 33.7 Å². The lowest BCUT2D eigenvalue weighted by molar-refractivity contribution is 0.253. The highest BCUT2D eigenvalue weighted by Gasteiger charge is 2.41. The Kier molecular flexibility index (Phi) is 4.22. The van der Waals surface area contributed by atoms with Crippen molar-refractivity contribution in [1.29, 1.82) is 0 Å². The lowest BCUT2D eigenvalue weighted by atomic mass is 10.0. The largest absolute Gasteiger partial charge is 0.398 e. The minimum absolute atomic E-state index is 0.0852. The van der Waals surface area contributed by atoms with E-state index in [1.807, 2.05) is 0 Å². The molecule has 0 atom stereocenters. The van der Waals surface area contributed by atoms with Gasteiger partial charge in [-0.2, -0.15) is 0 Å². The van der Waals surface area contributed by atoms with Gasteiger partial charge in [0.25, 0.3) is 0 Å². The van der Waals surface area contributed by atoms with Crippen LogP contribution in [0.4, 0.5) is 11.4 Å². The van der Waals surface area contributed by atoms with Crippen LogP contribution in [0.2, 0.25) is 0 Å². The highest BCUT2D eigenvalue weighted by molar-refractivity contribution is 7.89. The standard InChI is InChI=1S/C13H21N3O3S/c1-15-20(18,19)12-3-2-10(8-11(12)14)16-9-13(4-5-13)6-7-17/h2-3,8,15-17H,4-7,9,14H2,1H3. The minimum atomic E-state index is -3.52. The van der Waals surface area contributed by atoms with E-state index in [1.165, 1.54) is 13.1 Å². The van der Waals surface area contributed by atoms with Crippen LogP contribution in [0.1, 0.15) is 19.3 Å². The topological polar surface area (TPSA) is 104 Å². The molecule has 0 spiro atoms. The van der Waals surface area contributed by atoms with E-state index in [-0.39, 0.29) is 22.6 Å². The summed E-state index contributed by atoms with van der Waals surface area (Å²) in [6.07, 6.45) is 3.02. The summed E-state index contributed by atoms with van der Waals surface area (Å²) >= 11 is 0. The van der Waals surface area contributed by atoms with Crippen LogP contribution >= 0.6 is 0 Å². The van der Waals surface area contributed by atoms with E-state index in [0.29, 0.717) is 0 Å². The van der Waals surface area contributed by atoms with Gasteiger partial charge in [-0.3, -0.25) is 0 Å². The third-order valence-corrected chi connectivity index (χ3v) is 5.32. The predicted molar refractivity (Wildman–Crippen MR) is 79.0 cm³/mol. The quantitative estimate of drug-likeness (QED) is 0.556. The van der Waals surface area contributed by atoms with Gasteiger partial charge in [0.05, 0.1) is 5.69 Å². The molecule has 6 nitrogen and oxygen atoms in total. The number of hydrogen-bond donors (Lipinski definition) is 4. The van der Waals surface area contributed by atoms with Gasteiger partial charge in [-0.25, -0.2) is 13.1 Å². The zero-order valence-corrected chi connectivity index (χ0v) is 12.3. The highest BCUT2D eigenvalue weighted by atomic mass is 32.2. The van der Waals surface area contributed by atoms with E-state index >= 15 is 0 Å². The second-order valence-electron chi connectivity index (χ2n) is 5.29. The maximum atomic E-state index is 11.7. The smallest absolute Gasteiger partial charge is 0.242 e. The van der Waals surface area contributed by atoms with Crippen molar-refractivity contribution in [2.75, 3.05) is 31.2 Å². The van der Waals surface area contributed by atoms with E-state index in [9.17, 15) is 8.42 Å². The maximum Gasteiger partial charge on any atom is 0.242 e. The van der Waals surface area contributed by atoms with Crippen molar-refractivity contribution in [1.82, 2.24) is 4.72 Å². The van der Waals surface area contributed by atoms with Crippen LogP contribution in [0.25, 0.3) is 0 Å². The Balaban J connectivity index is 2.06. The summed E-state index contributed by atoms with van der Waals surface area (Å²) < 4.78 is 25.7. The van der Waals surface area contributed by atoms with Crippen LogP contribution in [0.5, 0.6) is 0 Å². The zero-order chi connectivity index (χ0) is 14.8. The summed E-state index contributed by atoms with van der Waals surface area (Å²) in [6, 6.07) is 4.82. The van der Waals surface area contributed by atoms with Crippen molar-refractivity contribution in [3.05, 3.63) is 18.2 Å². The van der Waals surface area contributed by atoms with Crippen molar-refractivity contribution in [3.8, 4) is 0 Å². The van der Waals surface area contributed by atoms with Crippen LogP contribution in [0, 0.1) is 5.41 Å². The fourth-order valence-corrected chi connectivity index (χ4v) is 3.07. The average Bonchev–Trinajstić information content (AvgIpc) is 3.17. The molecule has 1 aliphatic carbocycles. The Hall–Kier alpha value is -1.31. The fraction of sp³-hybridized carbons (Fsp3) is 0.538. The minimum Gasteiger partial charge on any atom is -0.398 e. The van der Waals surface area contributed by atoms with Crippen molar-refractivity contribution in [2.45, 2.75) is 24.2 Å². The molecule has 0 unspecified atom stereocenters. The van der Waals surface area contributed by atoms with Gasteiger partial charge in [0.15, 0.2) is 0 Å². The number of nitrogens with one attached hydrogen (secondary N) is 2. The molecule has 1 aromatic carbocycles. The van der Waals surface area contributed by atoms with Crippen molar-refractivity contribution in [2.24, 2.45) is 5.41 Å². The molecule has 112 valence electrons. The normalized spacial score (nSPS) is 16.9. The van der Waals surface area contributed by atoms with Gasteiger partial charge in [-0.05, 0) is 49.9 Å². The van der Waals surface area contributed by atoms with Crippen molar-refractivity contribution >= 4 is 21.4 Å². The molecule has 0 aromatic heterocycles. The first-order valence-electron chi connectivity index (χ1n) is 6.60. The molecule has 20 heavy (non-hydrogen) atoms. The SMILES string of the molecule is CNS(=O)(=O)c1ccc(NCC2(CCO)CC2)cc1N. The van der Waals surface area contributed by atoms with E-state index in [2.05, 4.69) is 10.0 Å². The fourth-order valence-electron chi connectivity index (χ4n) is 2.23. The molecule has 5 N–H and O–H groups in total. The first-order chi connectivity index (χ1) is 9.42. The maximum absolute atomic E-state index is 11.7. The second kappa shape index (κ2) is 5.59. The Morgan fingerprint density at radius 2 is 2.10 bits per heavy atom. The molecule has 0 bridgehead atoms. The van der Waals surface area contributed by atoms with Crippen molar-refractivity contribution in [3.63, 3.8) is 0 Å². The van der Waals surface area contributed by atoms with Crippen LogP contribution < -0.4 is 15.8 Å². The Morgan fingerprint density at radius 3 is 2.60 bits per heavy atom. The van der Waals surface area contributed by atoms with Crippen LogP contribution in [-0.2, 0) is 10.0 Å². The molecule has 0 radical (unpaired) electrons. The zero-order valence-electron chi connectivity index (χ0n) is 11.5. The van der Waals surface area contributed by atoms with E-state index < -0.39 is 10.0 Å². The summed E-state index contributed by atoms with van der Waals surface area (Å²) in [5.41, 5.74) is 7.00. The molecule has 0 saturated heterocycles. The third kappa shape index (κ3) is 3.23. The van der Waals surface area contributed by atoms with Gasteiger partial charge in [0, 0.05) is 18.8 Å². The summed E-state index contributed by atoms with van der Waals surface area (Å²) in [5, 5.41) is 12.3. The number of nitrogen functional groups attached to an aromatic ring is 1. The molecule has 0 amide bonds. The van der Waals surface area contributed by atoms with Gasteiger partial charge in [0.2, 0.25) is 10.0 Å². The molecule has 1 saturated carbocycles. The number of aliphatic hydroxyl groups is 1. The van der Waals surface area contributed by atoms with Crippen LogP contribution in [0.3, 0.4) is 0 Å². The summed E-state index contributed by atoms with van der Waals surface area (Å²) in [7, 11) is -2.17. The Labute approximate surface area is 119 Å². The third-order valence-electron chi connectivity index (χ3n) is 3.83. The predicted octanol–water partition coefficient (Wildman–Crippen LogP) is 0.751. The summed E-state index contributed by atoms with van der Waals surface area (Å²) in [4.78, 5) is 0.0852. The molecule has 0 heterocycles. The Morgan fingerprint density at radius 1 is 1.40 bits per heavy atom. The van der Waals surface area contributed by atoms with Gasteiger partial charge < -0.3 is 16.2 Å². The highest BCUT2D eigenvalue weighted by Crippen LogP contribution is 2.48. The number of sulfonamides is 1. The molecular formula is C13H21N3O3S. The number of hydrogen-bond acceptors (Lipinski definition) is 5. The van der Waals surface area contributed by atoms with Gasteiger partial charge in [-0.1, -0.05) is 0 Å². The van der Waals surface area contributed by atoms with Crippen LogP contribution in [0.15, 0.2) is 23.1 Å². The number of nitrogens with two attached hydrogens (primary N) is 1. The molecule has 1 aliphatic rings. The lowest BCUT2D eigenvalue weighted by Gasteiger charge is -2.16. The molecule has 1 aromatic rings. The first-order valence-corrected chi connectivity index (χ1v) is 8.09. The summed E-state index contributed by atoms with van der Waals surface area (Å²) in [5.74, 6) is 0. The van der Waals surface area contributed by atoms with Gasteiger partial charge in [-0.15, -0.1) is 0 Å². The number of rotatable bonds is 7. The molecule has 7 heteroatoms. The average molecular weight is 299 g/mol. The van der Waals surface area contributed by atoms with E-state index in [1.54, 1.807) is 12.1 Å². The monoisotopic (exact) mass is 299 g/mol. The first kappa shape index (κ1) is 15.1.